The molecule has 206 valence electrons. The van der Waals surface area contributed by atoms with Gasteiger partial charge in [0.15, 0.2) is 0 Å². The first-order valence-electron chi connectivity index (χ1n) is 14.4. The van der Waals surface area contributed by atoms with Gasteiger partial charge in [-0.3, -0.25) is 5.41 Å². The van der Waals surface area contributed by atoms with E-state index in [4.69, 9.17) is 10.4 Å². The Kier molecular flexibility index (Phi) is 9.40. The molecule has 1 aliphatic heterocycles. The van der Waals surface area contributed by atoms with Crippen LogP contribution in [0.2, 0.25) is 0 Å². The van der Waals surface area contributed by atoms with Crippen molar-refractivity contribution in [1.82, 2.24) is 15.3 Å². The fourth-order valence-electron chi connectivity index (χ4n) is 5.43. The summed E-state index contributed by atoms with van der Waals surface area (Å²) in [5.41, 5.74) is 4.49. The van der Waals surface area contributed by atoms with Crippen molar-refractivity contribution in [2.24, 2.45) is 5.92 Å². The standard InChI is InChI=1S/C31H41N7O/c32-29(25-10-12-26(13-11-25)38-19-17-33-18-20-38)28-22-36-31(34-16-4-7-23-5-2-1-3-6-23)37-30(28)35-21-24-8-14-27(39)15-9-24/h1-3,5-6,10-13,22,24,27,32-33,39H,4,7-9,14-21H2,(H2,34,35,36,37). The third-order valence-corrected chi connectivity index (χ3v) is 7.84. The molecule has 1 saturated carbocycles. The molecule has 0 unspecified atom stereocenters. The predicted octanol–water partition coefficient (Wildman–Crippen LogP) is 4.31. The van der Waals surface area contributed by atoms with E-state index >= 15 is 0 Å². The maximum Gasteiger partial charge on any atom is 0.224 e. The Balaban J connectivity index is 1.27. The lowest BCUT2D eigenvalue weighted by atomic mass is 9.87. The van der Waals surface area contributed by atoms with Crippen molar-refractivity contribution >= 4 is 23.2 Å². The molecule has 8 nitrogen and oxygen atoms in total. The van der Waals surface area contributed by atoms with Crippen LogP contribution in [0.4, 0.5) is 17.5 Å². The van der Waals surface area contributed by atoms with Gasteiger partial charge in [0.25, 0.3) is 0 Å². The summed E-state index contributed by atoms with van der Waals surface area (Å²) in [7, 11) is 0. The molecule has 1 aliphatic carbocycles. The molecule has 0 atom stereocenters. The first kappa shape index (κ1) is 27.1. The fourth-order valence-corrected chi connectivity index (χ4v) is 5.43. The number of aliphatic hydroxyl groups excluding tert-OH is 1. The van der Waals surface area contributed by atoms with Gasteiger partial charge < -0.3 is 26.0 Å². The van der Waals surface area contributed by atoms with Crippen LogP contribution in [0.25, 0.3) is 0 Å². The molecule has 0 radical (unpaired) electrons. The van der Waals surface area contributed by atoms with Crippen LogP contribution in [0.1, 0.15) is 48.8 Å². The summed E-state index contributed by atoms with van der Waals surface area (Å²) in [6.07, 6.45) is 7.30. The van der Waals surface area contributed by atoms with Crippen LogP contribution in [0.15, 0.2) is 60.8 Å². The normalized spacial score (nSPS) is 19.5. The second kappa shape index (κ2) is 13.5. The fraction of sp³-hybridized carbons (Fsp3) is 0.452. The van der Waals surface area contributed by atoms with E-state index in [1.54, 1.807) is 6.20 Å². The Morgan fingerprint density at radius 3 is 2.46 bits per heavy atom. The Bertz CT molecular complexity index is 1190. The van der Waals surface area contributed by atoms with Crippen LogP contribution in [-0.4, -0.2) is 66.2 Å². The Hall–Kier alpha value is -3.49. The first-order chi connectivity index (χ1) is 19.2. The summed E-state index contributed by atoms with van der Waals surface area (Å²) >= 11 is 0. The molecule has 1 saturated heterocycles. The smallest absolute Gasteiger partial charge is 0.224 e. The topological polar surface area (TPSA) is 109 Å². The van der Waals surface area contributed by atoms with E-state index in [1.165, 1.54) is 11.3 Å². The lowest BCUT2D eigenvalue weighted by Gasteiger charge is -2.29. The van der Waals surface area contributed by atoms with E-state index in [2.05, 4.69) is 62.2 Å². The maximum absolute atomic E-state index is 9.89. The Labute approximate surface area is 231 Å². The summed E-state index contributed by atoms with van der Waals surface area (Å²) in [5.74, 6) is 1.76. The van der Waals surface area contributed by atoms with Gasteiger partial charge in [-0.1, -0.05) is 42.5 Å². The minimum absolute atomic E-state index is 0.167. The first-order valence-corrected chi connectivity index (χ1v) is 14.4. The van der Waals surface area contributed by atoms with Crippen molar-refractivity contribution < 1.29 is 5.11 Å². The van der Waals surface area contributed by atoms with E-state index in [0.29, 0.717) is 29.0 Å². The van der Waals surface area contributed by atoms with Gasteiger partial charge in [0, 0.05) is 56.7 Å². The molecule has 2 aromatic carbocycles. The molecule has 0 amide bonds. The van der Waals surface area contributed by atoms with E-state index in [-0.39, 0.29) is 6.10 Å². The molecule has 0 bridgehead atoms. The van der Waals surface area contributed by atoms with Crippen molar-refractivity contribution in [2.45, 2.75) is 44.6 Å². The number of nitrogens with one attached hydrogen (secondary N) is 4. The number of aliphatic hydroxyl groups is 1. The van der Waals surface area contributed by atoms with Crippen LogP contribution < -0.4 is 20.9 Å². The predicted molar refractivity (Wildman–Crippen MR) is 159 cm³/mol. The number of rotatable bonds is 11. The van der Waals surface area contributed by atoms with Crippen LogP contribution in [0, 0.1) is 11.3 Å². The Morgan fingerprint density at radius 2 is 1.72 bits per heavy atom. The number of hydrogen-bond donors (Lipinski definition) is 5. The molecular weight excluding hydrogens is 486 g/mol. The zero-order valence-electron chi connectivity index (χ0n) is 22.7. The number of benzene rings is 2. The minimum Gasteiger partial charge on any atom is -0.393 e. The van der Waals surface area contributed by atoms with E-state index in [0.717, 1.165) is 83.4 Å². The van der Waals surface area contributed by atoms with Crippen LogP contribution >= 0.6 is 0 Å². The van der Waals surface area contributed by atoms with E-state index in [1.807, 2.05) is 18.2 Å². The van der Waals surface area contributed by atoms with Gasteiger partial charge in [-0.15, -0.1) is 0 Å². The van der Waals surface area contributed by atoms with Gasteiger partial charge >= 0.3 is 0 Å². The van der Waals surface area contributed by atoms with Crippen LogP contribution in [-0.2, 0) is 6.42 Å². The molecule has 2 heterocycles. The third kappa shape index (κ3) is 7.55. The molecule has 1 aromatic heterocycles. The molecule has 3 aromatic rings. The quantitative estimate of drug-likeness (QED) is 0.187. The van der Waals surface area contributed by atoms with E-state index < -0.39 is 0 Å². The minimum atomic E-state index is -0.167. The van der Waals surface area contributed by atoms with Crippen molar-refractivity contribution in [1.29, 1.82) is 5.41 Å². The van der Waals surface area contributed by atoms with Crippen molar-refractivity contribution in [3.63, 3.8) is 0 Å². The molecule has 39 heavy (non-hydrogen) atoms. The average molecular weight is 528 g/mol. The maximum atomic E-state index is 9.89. The monoisotopic (exact) mass is 527 g/mol. The van der Waals surface area contributed by atoms with Gasteiger partial charge in [-0.25, -0.2) is 4.98 Å². The van der Waals surface area contributed by atoms with Crippen LogP contribution in [0.3, 0.4) is 0 Å². The molecule has 5 rings (SSSR count). The van der Waals surface area contributed by atoms with Crippen molar-refractivity contribution in [2.75, 3.05) is 54.8 Å². The summed E-state index contributed by atoms with van der Waals surface area (Å²) in [6, 6.07) is 18.8. The highest BCUT2D eigenvalue weighted by Gasteiger charge is 2.21. The number of anilines is 3. The zero-order chi connectivity index (χ0) is 26.9. The molecule has 0 spiro atoms. The highest BCUT2D eigenvalue weighted by molar-refractivity contribution is 6.13. The van der Waals surface area contributed by atoms with Gasteiger partial charge in [0.05, 0.1) is 17.4 Å². The summed E-state index contributed by atoms with van der Waals surface area (Å²) < 4.78 is 0. The number of aryl methyl sites for hydroxylation is 1. The van der Waals surface area contributed by atoms with Gasteiger partial charge in [-0.05, 0) is 62.1 Å². The van der Waals surface area contributed by atoms with Crippen molar-refractivity contribution in [3.8, 4) is 0 Å². The average Bonchev–Trinajstić information content (AvgIpc) is 3.00. The Morgan fingerprint density at radius 1 is 0.974 bits per heavy atom. The summed E-state index contributed by atoms with van der Waals surface area (Å²) in [5, 5.41) is 29.2. The zero-order valence-corrected chi connectivity index (χ0v) is 22.7. The van der Waals surface area contributed by atoms with Crippen LogP contribution in [0.5, 0.6) is 0 Å². The molecule has 2 fully saturated rings. The SMILES string of the molecule is N=C(c1ccc(N2CCNCC2)cc1)c1cnc(NCCCc2ccccc2)nc1NCC1CCC(O)CC1. The summed E-state index contributed by atoms with van der Waals surface area (Å²) in [6.45, 7) is 5.54. The number of nitrogens with zero attached hydrogens (tertiary/aromatic N) is 3. The highest BCUT2D eigenvalue weighted by atomic mass is 16.3. The lowest BCUT2D eigenvalue weighted by molar-refractivity contribution is 0.111. The van der Waals surface area contributed by atoms with Gasteiger partial charge in [0.2, 0.25) is 5.95 Å². The highest BCUT2D eigenvalue weighted by Crippen LogP contribution is 2.26. The number of piperazine rings is 1. The number of hydrogen-bond acceptors (Lipinski definition) is 8. The van der Waals surface area contributed by atoms with Gasteiger partial charge in [-0.2, -0.15) is 4.98 Å². The lowest BCUT2D eigenvalue weighted by Crippen LogP contribution is -2.43. The molecule has 5 N–H and O–H groups in total. The third-order valence-electron chi connectivity index (χ3n) is 7.84. The van der Waals surface area contributed by atoms with Crippen molar-refractivity contribution in [3.05, 3.63) is 77.5 Å². The van der Waals surface area contributed by atoms with E-state index in [9.17, 15) is 5.11 Å². The molecule has 8 heteroatoms. The second-order valence-corrected chi connectivity index (χ2v) is 10.7. The molecular formula is C31H41N7O. The molecule has 2 aliphatic rings. The largest absolute Gasteiger partial charge is 0.393 e. The number of aromatic nitrogens is 2. The summed E-state index contributed by atoms with van der Waals surface area (Å²) in [4.78, 5) is 11.8. The second-order valence-electron chi connectivity index (χ2n) is 10.7. The van der Waals surface area contributed by atoms with Gasteiger partial charge in [0.1, 0.15) is 5.82 Å².